The van der Waals surface area contributed by atoms with E-state index in [9.17, 15) is 4.39 Å². The second-order valence-electron chi connectivity index (χ2n) is 5.53. The fourth-order valence-electron chi connectivity index (χ4n) is 3.14. The van der Waals surface area contributed by atoms with Crippen molar-refractivity contribution in [3.8, 4) is 0 Å². The molecule has 2 nitrogen and oxygen atoms in total. The lowest BCUT2D eigenvalue weighted by Gasteiger charge is -2.25. The van der Waals surface area contributed by atoms with Crippen LogP contribution >= 0.6 is 0 Å². The number of furan rings is 1. The molecular weight excluding hydrogens is 253 g/mol. The summed E-state index contributed by atoms with van der Waals surface area (Å²) in [4.78, 5) is 0. The van der Waals surface area contributed by atoms with Crippen molar-refractivity contribution in [2.45, 2.75) is 38.3 Å². The molecule has 1 saturated carbocycles. The van der Waals surface area contributed by atoms with Gasteiger partial charge in [-0.2, -0.15) is 0 Å². The zero-order valence-corrected chi connectivity index (χ0v) is 11.5. The number of hydrogen-bond acceptors (Lipinski definition) is 2. The average Bonchev–Trinajstić information content (AvgIpc) is 3.14. The molecule has 20 heavy (non-hydrogen) atoms. The Bertz CT molecular complexity index is 514. The van der Waals surface area contributed by atoms with E-state index in [4.69, 9.17) is 4.42 Å². The second-order valence-corrected chi connectivity index (χ2v) is 5.53. The monoisotopic (exact) mass is 273 g/mol. The van der Waals surface area contributed by atoms with Crippen molar-refractivity contribution >= 4 is 0 Å². The lowest BCUT2D eigenvalue weighted by atomic mass is 9.91. The summed E-state index contributed by atoms with van der Waals surface area (Å²) >= 11 is 0. The topological polar surface area (TPSA) is 25.2 Å². The second kappa shape index (κ2) is 6.23. The lowest BCUT2D eigenvalue weighted by Crippen LogP contribution is -2.26. The predicted octanol–water partition coefficient (Wildman–Crippen LogP) is 4.44. The molecule has 1 unspecified atom stereocenters. The summed E-state index contributed by atoms with van der Waals surface area (Å²) in [7, 11) is 0. The van der Waals surface area contributed by atoms with Crippen LogP contribution in [0.15, 0.2) is 47.1 Å². The number of hydrogen-bond donors (Lipinski definition) is 1. The van der Waals surface area contributed by atoms with Gasteiger partial charge in [-0.1, -0.05) is 25.0 Å². The summed E-state index contributed by atoms with van der Waals surface area (Å²) in [5.74, 6) is 1.40. The van der Waals surface area contributed by atoms with Gasteiger partial charge in [0, 0.05) is 6.04 Å². The zero-order valence-electron chi connectivity index (χ0n) is 11.5. The van der Waals surface area contributed by atoms with Crippen molar-refractivity contribution in [3.05, 3.63) is 59.8 Å². The van der Waals surface area contributed by atoms with E-state index < -0.39 is 0 Å². The molecule has 0 amide bonds. The highest BCUT2D eigenvalue weighted by Gasteiger charge is 2.26. The Morgan fingerprint density at radius 1 is 1.15 bits per heavy atom. The number of benzene rings is 1. The highest BCUT2D eigenvalue weighted by Crippen LogP contribution is 2.36. The number of rotatable bonds is 5. The molecule has 2 aromatic rings. The van der Waals surface area contributed by atoms with Crippen molar-refractivity contribution in [1.82, 2.24) is 5.32 Å². The average molecular weight is 273 g/mol. The van der Waals surface area contributed by atoms with E-state index in [0.717, 1.165) is 5.76 Å². The first-order valence-electron chi connectivity index (χ1n) is 7.34. The molecule has 1 N–H and O–H groups in total. The summed E-state index contributed by atoms with van der Waals surface area (Å²) in [6, 6.07) is 11.0. The summed E-state index contributed by atoms with van der Waals surface area (Å²) < 4.78 is 18.5. The smallest absolute Gasteiger partial charge is 0.123 e. The molecular formula is C17H20FNO. The van der Waals surface area contributed by atoms with E-state index in [0.29, 0.717) is 12.5 Å². The number of nitrogens with one attached hydrogen (secondary N) is 1. The van der Waals surface area contributed by atoms with Gasteiger partial charge in [0.05, 0.1) is 12.8 Å². The van der Waals surface area contributed by atoms with Gasteiger partial charge >= 0.3 is 0 Å². The summed E-state index contributed by atoms with van der Waals surface area (Å²) in [5.41, 5.74) is 1.17. The Labute approximate surface area is 119 Å². The highest BCUT2D eigenvalue weighted by molar-refractivity contribution is 5.21. The summed E-state index contributed by atoms with van der Waals surface area (Å²) in [6.07, 6.45) is 6.77. The van der Waals surface area contributed by atoms with Gasteiger partial charge in [-0.15, -0.1) is 0 Å². The normalized spacial score (nSPS) is 17.4. The minimum atomic E-state index is -0.176. The van der Waals surface area contributed by atoms with Crippen LogP contribution in [0, 0.1) is 11.7 Å². The zero-order chi connectivity index (χ0) is 13.8. The molecule has 1 heterocycles. The maximum Gasteiger partial charge on any atom is 0.123 e. The van der Waals surface area contributed by atoms with Gasteiger partial charge in [-0.25, -0.2) is 4.39 Å². The van der Waals surface area contributed by atoms with Crippen LogP contribution in [-0.4, -0.2) is 0 Å². The van der Waals surface area contributed by atoms with Gasteiger partial charge in [-0.05, 0) is 48.6 Å². The Morgan fingerprint density at radius 3 is 2.55 bits per heavy atom. The molecule has 1 aromatic heterocycles. The van der Waals surface area contributed by atoms with E-state index in [-0.39, 0.29) is 11.9 Å². The molecule has 1 fully saturated rings. The van der Waals surface area contributed by atoms with Crippen molar-refractivity contribution in [2.24, 2.45) is 5.92 Å². The molecule has 0 spiro atoms. The minimum absolute atomic E-state index is 0.176. The maximum atomic E-state index is 13.1. The van der Waals surface area contributed by atoms with E-state index >= 15 is 0 Å². The highest BCUT2D eigenvalue weighted by atomic mass is 19.1. The fraction of sp³-hybridized carbons (Fsp3) is 0.412. The van der Waals surface area contributed by atoms with Crippen LogP contribution < -0.4 is 5.32 Å². The fourth-order valence-corrected chi connectivity index (χ4v) is 3.14. The molecule has 106 valence electrons. The van der Waals surface area contributed by atoms with Crippen LogP contribution in [0.2, 0.25) is 0 Å². The molecule has 0 aliphatic heterocycles. The van der Waals surface area contributed by atoms with Gasteiger partial charge in [0.1, 0.15) is 11.6 Å². The molecule has 0 saturated heterocycles. The summed E-state index contributed by atoms with van der Waals surface area (Å²) in [6.45, 7) is 0.714. The van der Waals surface area contributed by atoms with Crippen molar-refractivity contribution in [2.75, 3.05) is 0 Å². The third-order valence-electron chi connectivity index (χ3n) is 4.18. The van der Waals surface area contributed by atoms with Gasteiger partial charge in [0.2, 0.25) is 0 Å². The largest absolute Gasteiger partial charge is 0.468 e. The van der Waals surface area contributed by atoms with Crippen molar-refractivity contribution in [3.63, 3.8) is 0 Å². The van der Waals surface area contributed by atoms with Gasteiger partial charge < -0.3 is 9.73 Å². The molecule has 1 atom stereocenters. The van der Waals surface area contributed by atoms with E-state index in [1.165, 1.54) is 31.2 Å². The van der Waals surface area contributed by atoms with Gasteiger partial charge in [0.15, 0.2) is 0 Å². The van der Waals surface area contributed by atoms with Crippen LogP contribution in [-0.2, 0) is 6.54 Å². The predicted molar refractivity (Wildman–Crippen MR) is 76.6 cm³/mol. The Hall–Kier alpha value is -1.61. The van der Waals surface area contributed by atoms with Crippen LogP contribution in [0.4, 0.5) is 4.39 Å². The van der Waals surface area contributed by atoms with E-state index in [1.807, 2.05) is 24.3 Å². The van der Waals surface area contributed by atoms with E-state index in [1.54, 1.807) is 18.4 Å². The molecule has 0 radical (unpaired) electrons. The molecule has 3 rings (SSSR count). The standard InChI is InChI=1S/C17H20FNO/c18-15-9-7-14(8-10-15)17(13-4-1-2-5-13)19-12-16-6-3-11-20-16/h3,6-11,13,17,19H,1-2,4-5,12H2. The summed E-state index contributed by atoms with van der Waals surface area (Å²) in [5, 5.41) is 3.58. The van der Waals surface area contributed by atoms with Crippen LogP contribution in [0.25, 0.3) is 0 Å². The molecule has 1 aliphatic rings. The quantitative estimate of drug-likeness (QED) is 0.871. The lowest BCUT2D eigenvalue weighted by molar-refractivity contribution is 0.349. The molecule has 1 aliphatic carbocycles. The number of halogens is 1. The minimum Gasteiger partial charge on any atom is -0.468 e. The molecule has 3 heteroatoms. The SMILES string of the molecule is Fc1ccc(C(NCc2ccco2)C2CCCC2)cc1. The van der Waals surface area contributed by atoms with Gasteiger partial charge in [0.25, 0.3) is 0 Å². The Morgan fingerprint density at radius 2 is 1.90 bits per heavy atom. The van der Waals surface area contributed by atoms with Crippen molar-refractivity contribution in [1.29, 1.82) is 0 Å². The van der Waals surface area contributed by atoms with Crippen LogP contribution in [0.5, 0.6) is 0 Å². The first kappa shape index (κ1) is 13.4. The Balaban J connectivity index is 1.74. The first-order valence-corrected chi connectivity index (χ1v) is 7.34. The third kappa shape index (κ3) is 3.10. The van der Waals surface area contributed by atoms with E-state index in [2.05, 4.69) is 5.32 Å². The molecule has 0 bridgehead atoms. The maximum absolute atomic E-state index is 13.1. The third-order valence-corrected chi connectivity index (χ3v) is 4.18. The van der Waals surface area contributed by atoms with Gasteiger partial charge in [-0.3, -0.25) is 0 Å². The van der Waals surface area contributed by atoms with Crippen LogP contribution in [0.3, 0.4) is 0 Å². The Kier molecular flexibility index (Phi) is 4.16. The van der Waals surface area contributed by atoms with Crippen molar-refractivity contribution < 1.29 is 8.81 Å². The van der Waals surface area contributed by atoms with Crippen LogP contribution in [0.1, 0.15) is 43.0 Å². The first-order chi connectivity index (χ1) is 9.83. The molecule has 1 aromatic carbocycles.